The van der Waals surface area contributed by atoms with Crippen LogP contribution in [0.25, 0.3) is 11.3 Å². The van der Waals surface area contributed by atoms with Crippen molar-refractivity contribution in [3.05, 3.63) is 35.2 Å². The number of benzene rings is 1. The minimum absolute atomic E-state index is 0.200. The molecule has 0 aliphatic heterocycles. The summed E-state index contributed by atoms with van der Waals surface area (Å²) in [7, 11) is 0. The molecule has 0 radical (unpaired) electrons. The number of halogens is 2. The summed E-state index contributed by atoms with van der Waals surface area (Å²) in [6, 6.07) is 3.37. The highest BCUT2D eigenvalue weighted by atomic mass is 32.1. The highest BCUT2D eigenvalue weighted by Crippen LogP contribution is 2.27. The van der Waals surface area contributed by atoms with Gasteiger partial charge in [-0.25, -0.2) is 13.8 Å². The van der Waals surface area contributed by atoms with Gasteiger partial charge in [0.15, 0.2) is 5.13 Å². The molecule has 5 heteroatoms. The molecule has 0 bridgehead atoms. The molecule has 0 saturated heterocycles. The third-order valence-electron chi connectivity index (χ3n) is 2.23. The fraction of sp³-hybridized carbons (Fsp3) is 0.250. The first kappa shape index (κ1) is 12.0. The molecule has 2 aromatic rings. The quantitative estimate of drug-likeness (QED) is 0.894. The highest BCUT2D eigenvalue weighted by Gasteiger charge is 2.10. The van der Waals surface area contributed by atoms with Gasteiger partial charge < -0.3 is 5.32 Å². The predicted octanol–water partition coefficient (Wildman–Crippen LogP) is 3.91. The maximum absolute atomic E-state index is 13.5. The summed E-state index contributed by atoms with van der Waals surface area (Å²) in [6.45, 7) is 2.87. The van der Waals surface area contributed by atoms with Crippen molar-refractivity contribution in [3.8, 4) is 11.3 Å². The molecular weight excluding hydrogens is 242 g/mol. The minimum atomic E-state index is -0.461. The van der Waals surface area contributed by atoms with Crippen LogP contribution in [0.5, 0.6) is 0 Å². The topological polar surface area (TPSA) is 24.9 Å². The minimum Gasteiger partial charge on any atom is -0.362 e. The first-order chi connectivity index (χ1) is 8.20. The molecule has 1 aromatic heterocycles. The van der Waals surface area contributed by atoms with Crippen molar-refractivity contribution in [2.24, 2.45) is 0 Å². The Bertz CT molecular complexity index is 511. The number of hydrogen-bond acceptors (Lipinski definition) is 3. The summed E-state index contributed by atoms with van der Waals surface area (Å²) in [5.74, 6) is -0.920. The number of rotatable bonds is 4. The van der Waals surface area contributed by atoms with Gasteiger partial charge in [-0.05, 0) is 24.6 Å². The van der Waals surface area contributed by atoms with Gasteiger partial charge in [0.25, 0.3) is 0 Å². The van der Waals surface area contributed by atoms with Crippen LogP contribution >= 0.6 is 11.3 Å². The summed E-state index contributed by atoms with van der Waals surface area (Å²) < 4.78 is 26.5. The Balaban J connectivity index is 2.27. The van der Waals surface area contributed by atoms with E-state index >= 15 is 0 Å². The van der Waals surface area contributed by atoms with Crippen LogP contribution in [0.3, 0.4) is 0 Å². The molecule has 0 amide bonds. The average molecular weight is 254 g/mol. The summed E-state index contributed by atoms with van der Waals surface area (Å²) in [5.41, 5.74) is 0.663. The largest absolute Gasteiger partial charge is 0.362 e. The third kappa shape index (κ3) is 2.79. The standard InChI is InChI=1S/C12H12F2N2S/c1-2-5-15-12-16-11(7-17-12)9-6-8(13)3-4-10(9)14/h3-4,6-7H,2,5H2,1H3,(H,15,16). The van der Waals surface area contributed by atoms with Gasteiger partial charge in [0.05, 0.1) is 5.69 Å². The zero-order valence-corrected chi connectivity index (χ0v) is 10.2. The molecule has 0 saturated carbocycles. The number of anilines is 1. The van der Waals surface area contributed by atoms with Crippen LogP contribution < -0.4 is 5.32 Å². The monoisotopic (exact) mass is 254 g/mol. The first-order valence-corrected chi connectivity index (χ1v) is 6.23. The molecule has 0 atom stereocenters. The lowest BCUT2D eigenvalue weighted by Crippen LogP contribution is -1.98. The Morgan fingerprint density at radius 2 is 2.18 bits per heavy atom. The summed E-state index contributed by atoms with van der Waals surface area (Å²) in [4.78, 5) is 4.22. The van der Waals surface area contributed by atoms with Crippen molar-refractivity contribution in [3.63, 3.8) is 0 Å². The smallest absolute Gasteiger partial charge is 0.183 e. The highest BCUT2D eigenvalue weighted by molar-refractivity contribution is 7.14. The Labute approximate surface area is 102 Å². The van der Waals surface area contributed by atoms with Gasteiger partial charge in [-0.3, -0.25) is 0 Å². The van der Waals surface area contributed by atoms with Gasteiger partial charge >= 0.3 is 0 Å². The van der Waals surface area contributed by atoms with E-state index in [-0.39, 0.29) is 5.56 Å². The van der Waals surface area contributed by atoms with E-state index < -0.39 is 11.6 Å². The average Bonchev–Trinajstić information content (AvgIpc) is 2.78. The van der Waals surface area contributed by atoms with Crippen LogP contribution in [0, 0.1) is 11.6 Å². The van der Waals surface area contributed by atoms with Crippen LogP contribution in [-0.2, 0) is 0 Å². The molecule has 0 aliphatic carbocycles. The van der Waals surface area contributed by atoms with E-state index in [0.717, 1.165) is 36.3 Å². The van der Waals surface area contributed by atoms with E-state index in [1.54, 1.807) is 5.38 Å². The zero-order chi connectivity index (χ0) is 12.3. The fourth-order valence-electron chi connectivity index (χ4n) is 1.40. The van der Waals surface area contributed by atoms with E-state index in [2.05, 4.69) is 10.3 Å². The molecular formula is C12H12F2N2S. The van der Waals surface area contributed by atoms with Crippen LogP contribution in [-0.4, -0.2) is 11.5 Å². The van der Waals surface area contributed by atoms with Crippen molar-refractivity contribution in [1.29, 1.82) is 0 Å². The third-order valence-corrected chi connectivity index (χ3v) is 3.03. The molecule has 1 N–H and O–H groups in total. The van der Waals surface area contributed by atoms with E-state index in [0.29, 0.717) is 5.69 Å². The second-order valence-electron chi connectivity index (χ2n) is 3.59. The molecule has 0 unspecified atom stereocenters. The number of thiazole rings is 1. The lowest BCUT2D eigenvalue weighted by Gasteiger charge is -2.00. The molecule has 0 fully saturated rings. The van der Waals surface area contributed by atoms with Crippen molar-refractivity contribution in [2.45, 2.75) is 13.3 Å². The molecule has 90 valence electrons. The van der Waals surface area contributed by atoms with Crippen molar-refractivity contribution in [1.82, 2.24) is 4.98 Å². The van der Waals surface area contributed by atoms with Crippen molar-refractivity contribution >= 4 is 16.5 Å². The van der Waals surface area contributed by atoms with Gasteiger partial charge in [0.2, 0.25) is 0 Å². The molecule has 2 rings (SSSR count). The second-order valence-corrected chi connectivity index (χ2v) is 4.45. The summed E-state index contributed by atoms with van der Waals surface area (Å²) in [5, 5.41) is 5.56. The van der Waals surface area contributed by atoms with E-state index in [4.69, 9.17) is 0 Å². The number of nitrogens with zero attached hydrogens (tertiary/aromatic N) is 1. The maximum Gasteiger partial charge on any atom is 0.183 e. The second kappa shape index (κ2) is 5.23. The van der Waals surface area contributed by atoms with E-state index in [1.165, 1.54) is 11.3 Å². The summed E-state index contributed by atoms with van der Waals surface area (Å²) in [6.07, 6.45) is 0.989. The van der Waals surface area contributed by atoms with Crippen LogP contribution in [0.4, 0.5) is 13.9 Å². The Morgan fingerprint density at radius 3 is 2.94 bits per heavy atom. The van der Waals surface area contributed by atoms with Gasteiger partial charge in [-0.2, -0.15) is 0 Å². The van der Waals surface area contributed by atoms with Crippen LogP contribution in [0.15, 0.2) is 23.6 Å². The van der Waals surface area contributed by atoms with Crippen LogP contribution in [0.2, 0.25) is 0 Å². The number of nitrogens with one attached hydrogen (secondary N) is 1. The van der Waals surface area contributed by atoms with Gasteiger partial charge in [0.1, 0.15) is 11.6 Å². The van der Waals surface area contributed by atoms with Gasteiger partial charge in [-0.15, -0.1) is 11.3 Å². The van der Waals surface area contributed by atoms with Crippen molar-refractivity contribution < 1.29 is 8.78 Å². The van der Waals surface area contributed by atoms with Gasteiger partial charge in [0, 0.05) is 17.5 Å². The first-order valence-electron chi connectivity index (χ1n) is 5.35. The molecule has 17 heavy (non-hydrogen) atoms. The number of aromatic nitrogens is 1. The lowest BCUT2D eigenvalue weighted by atomic mass is 10.1. The summed E-state index contributed by atoms with van der Waals surface area (Å²) >= 11 is 1.39. The Morgan fingerprint density at radius 1 is 1.35 bits per heavy atom. The molecule has 2 nitrogen and oxygen atoms in total. The fourth-order valence-corrected chi connectivity index (χ4v) is 2.14. The Hall–Kier alpha value is -1.49. The van der Waals surface area contributed by atoms with Crippen molar-refractivity contribution in [2.75, 3.05) is 11.9 Å². The van der Waals surface area contributed by atoms with Crippen LogP contribution in [0.1, 0.15) is 13.3 Å². The predicted molar refractivity (Wildman–Crippen MR) is 66.2 cm³/mol. The Kier molecular flexibility index (Phi) is 3.68. The molecule has 1 heterocycles. The lowest BCUT2D eigenvalue weighted by molar-refractivity contribution is 0.603. The normalized spacial score (nSPS) is 10.5. The van der Waals surface area contributed by atoms with E-state index in [9.17, 15) is 8.78 Å². The molecule has 0 spiro atoms. The molecule has 0 aliphatic rings. The van der Waals surface area contributed by atoms with E-state index in [1.807, 2.05) is 6.92 Å². The maximum atomic E-state index is 13.5. The SMILES string of the molecule is CCCNc1nc(-c2cc(F)ccc2F)cs1. The molecule has 1 aromatic carbocycles. The zero-order valence-electron chi connectivity index (χ0n) is 9.34. The number of hydrogen-bond donors (Lipinski definition) is 1. The van der Waals surface area contributed by atoms with Gasteiger partial charge in [-0.1, -0.05) is 6.92 Å².